The van der Waals surface area contributed by atoms with E-state index in [0.29, 0.717) is 6.61 Å². The summed E-state index contributed by atoms with van der Waals surface area (Å²) >= 11 is 0. The highest BCUT2D eigenvalue weighted by atomic mass is 16.5. The number of carbonyl (C=O) groups is 1. The van der Waals surface area contributed by atoms with Crippen LogP contribution in [0, 0.1) is 0 Å². The van der Waals surface area contributed by atoms with Crippen molar-refractivity contribution in [3.63, 3.8) is 0 Å². The minimum Gasteiger partial charge on any atom is -0.488 e. The van der Waals surface area contributed by atoms with Crippen molar-refractivity contribution in [2.45, 2.75) is 19.4 Å². The van der Waals surface area contributed by atoms with Gasteiger partial charge in [0.1, 0.15) is 12.4 Å². The molecule has 0 bridgehead atoms. The molecule has 0 amide bonds. The molecule has 1 aliphatic rings. The summed E-state index contributed by atoms with van der Waals surface area (Å²) in [5, 5.41) is 9.35. The molecular formula is C21H23NO3. The van der Waals surface area contributed by atoms with E-state index in [1.54, 1.807) is 18.2 Å². The van der Waals surface area contributed by atoms with Gasteiger partial charge in [0.2, 0.25) is 0 Å². The molecule has 0 radical (unpaired) electrons. The molecule has 1 N–H and O–H groups in total. The van der Waals surface area contributed by atoms with E-state index < -0.39 is 5.97 Å². The molecule has 0 saturated carbocycles. The van der Waals surface area contributed by atoms with E-state index in [1.165, 1.54) is 0 Å². The van der Waals surface area contributed by atoms with Crippen LogP contribution in [0.15, 0.2) is 48.5 Å². The first-order valence-corrected chi connectivity index (χ1v) is 8.50. The van der Waals surface area contributed by atoms with E-state index in [2.05, 4.69) is 37.2 Å². The van der Waals surface area contributed by atoms with E-state index in [4.69, 9.17) is 4.74 Å². The summed E-state index contributed by atoms with van der Waals surface area (Å²) in [4.78, 5) is 13.6. The molecule has 0 fully saturated rings. The van der Waals surface area contributed by atoms with Gasteiger partial charge in [0.05, 0.1) is 5.56 Å². The van der Waals surface area contributed by atoms with Crippen LogP contribution in [0.5, 0.6) is 5.75 Å². The zero-order valence-corrected chi connectivity index (χ0v) is 14.7. The van der Waals surface area contributed by atoms with Gasteiger partial charge in [-0.25, -0.2) is 4.79 Å². The standard InChI is InChI=1S/C21H23NO3/c1-22(2)12-6-5-9-18-17-8-4-3-7-16(17)14-25-20-11-10-15(21(23)24)13-19(18)20/h3-4,7-11,13H,5-6,12,14H2,1-2H3,(H,23,24). The maximum Gasteiger partial charge on any atom is 0.335 e. The quantitative estimate of drug-likeness (QED) is 0.836. The van der Waals surface area contributed by atoms with Crippen molar-refractivity contribution in [2.75, 3.05) is 20.6 Å². The summed E-state index contributed by atoms with van der Waals surface area (Å²) in [5.41, 5.74) is 4.43. The normalized spacial score (nSPS) is 14.6. The van der Waals surface area contributed by atoms with Crippen LogP contribution in [0.25, 0.3) is 5.57 Å². The first-order valence-electron chi connectivity index (χ1n) is 8.50. The lowest BCUT2D eigenvalue weighted by atomic mass is 9.92. The first kappa shape index (κ1) is 17.2. The Balaban J connectivity index is 2.05. The highest BCUT2D eigenvalue weighted by Gasteiger charge is 2.20. The molecule has 2 aromatic carbocycles. The van der Waals surface area contributed by atoms with E-state index in [0.717, 1.165) is 47.4 Å². The highest BCUT2D eigenvalue weighted by molar-refractivity contribution is 5.92. The first-order chi connectivity index (χ1) is 12.1. The van der Waals surface area contributed by atoms with Gasteiger partial charge in [-0.1, -0.05) is 30.3 Å². The predicted molar refractivity (Wildman–Crippen MR) is 99.0 cm³/mol. The molecule has 130 valence electrons. The lowest BCUT2D eigenvalue weighted by Crippen LogP contribution is -2.12. The van der Waals surface area contributed by atoms with Crippen LogP contribution in [0.2, 0.25) is 0 Å². The number of ether oxygens (including phenoxy) is 1. The van der Waals surface area contributed by atoms with Crippen LogP contribution in [-0.2, 0) is 6.61 Å². The molecule has 0 atom stereocenters. The van der Waals surface area contributed by atoms with Gasteiger partial charge in [0.15, 0.2) is 0 Å². The number of carboxylic acids is 1. The van der Waals surface area contributed by atoms with Crippen molar-refractivity contribution in [3.05, 3.63) is 70.8 Å². The lowest BCUT2D eigenvalue weighted by molar-refractivity contribution is 0.0697. The van der Waals surface area contributed by atoms with Crippen LogP contribution in [0.1, 0.15) is 39.9 Å². The van der Waals surface area contributed by atoms with Crippen molar-refractivity contribution in [2.24, 2.45) is 0 Å². The summed E-state index contributed by atoms with van der Waals surface area (Å²) in [6.07, 6.45) is 4.19. The molecule has 0 unspecified atom stereocenters. The maximum absolute atomic E-state index is 11.4. The summed E-state index contributed by atoms with van der Waals surface area (Å²) < 4.78 is 5.94. The molecule has 0 aromatic heterocycles. The van der Waals surface area contributed by atoms with Crippen molar-refractivity contribution in [3.8, 4) is 5.75 Å². The number of hydrogen-bond donors (Lipinski definition) is 1. The van der Waals surface area contributed by atoms with Gasteiger partial charge in [-0.15, -0.1) is 0 Å². The number of allylic oxidation sites excluding steroid dienone is 1. The van der Waals surface area contributed by atoms with E-state index in [1.807, 2.05) is 12.1 Å². The molecule has 4 heteroatoms. The molecule has 0 saturated heterocycles. The van der Waals surface area contributed by atoms with Gasteiger partial charge in [-0.05, 0) is 68.4 Å². The SMILES string of the molecule is CN(C)CCCC=C1c2ccccc2COc2ccc(C(=O)O)cc21. The molecule has 1 heterocycles. The third-order valence-corrected chi connectivity index (χ3v) is 4.37. The third kappa shape index (κ3) is 3.91. The molecule has 25 heavy (non-hydrogen) atoms. The number of benzene rings is 2. The number of unbranched alkanes of at least 4 members (excludes halogenated alkanes) is 1. The minimum absolute atomic E-state index is 0.279. The molecule has 4 nitrogen and oxygen atoms in total. The van der Waals surface area contributed by atoms with Gasteiger partial charge in [-0.3, -0.25) is 0 Å². The zero-order valence-electron chi connectivity index (χ0n) is 14.7. The largest absolute Gasteiger partial charge is 0.488 e. The second-order valence-electron chi connectivity index (χ2n) is 6.53. The van der Waals surface area contributed by atoms with Crippen LogP contribution in [0.3, 0.4) is 0 Å². The highest BCUT2D eigenvalue weighted by Crippen LogP contribution is 2.37. The Morgan fingerprint density at radius 1 is 1.20 bits per heavy atom. The van der Waals surface area contributed by atoms with Crippen LogP contribution >= 0.6 is 0 Å². The molecular weight excluding hydrogens is 314 g/mol. The van der Waals surface area contributed by atoms with Crippen LogP contribution in [-0.4, -0.2) is 36.6 Å². The zero-order chi connectivity index (χ0) is 17.8. The number of rotatable bonds is 5. The van der Waals surface area contributed by atoms with E-state index in [-0.39, 0.29) is 5.56 Å². The molecule has 0 aliphatic carbocycles. The summed E-state index contributed by atoms with van der Waals surface area (Å²) in [7, 11) is 4.13. The van der Waals surface area contributed by atoms with E-state index in [9.17, 15) is 9.90 Å². The lowest BCUT2D eigenvalue weighted by Gasteiger charge is -2.12. The van der Waals surface area contributed by atoms with Gasteiger partial charge in [0, 0.05) is 5.56 Å². The fourth-order valence-electron chi connectivity index (χ4n) is 3.08. The Morgan fingerprint density at radius 3 is 2.76 bits per heavy atom. The Morgan fingerprint density at radius 2 is 2.00 bits per heavy atom. The van der Waals surface area contributed by atoms with Gasteiger partial charge in [0.25, 0.3) is 0 Å². The molecule has 1 aliphatic heterocycles. The summed E-state index contributed by atoms with van der Waals surface area (Å²) in [5.74, 6) is -0.188. The average Bonchev–Trinajstić information content (AvgIpc) is 2.75. The second kappa shape index (κ2) is 7.53. The summed E-state index contributed by atoms with van der Waals surface area (Å²) in [6, 6.07) is 13.2. The summed E-state index contributed by atoms with van der Waals surface area (Å²) in [6.45, 7) is 1.51. The predicted octanol–water partition coefficient (Wildman–Crippen LogP) is 4.05. The molecule has 3 rings (SSSR count). The Labute approximate surface area is 148 Å². The Bertz CT molecular complexity index is 809. The van der Waals surface area contributed by atoms with Crippen LogP contribution < -0.4 is 4.74 Å². The third-order valence-electron chi connectivity index (χ3n) is 4.37. The molecule has 0 spiro atoms. The number of aromatic carboxylic acids is 1. The van der Waals surface area contributed by atoms with Crippen molar-refractivity contribution in [1.82, 2.24) is 4.90 Å². The number of nitrogens with zero attached hydrogens (tertiary/aromatic N) is 1. The Hall–Kier alpha value is -2.59. The van der Waals surface area contributed by atoms with Crippen LogP contribution in [0.4, 0.5) is 0 Å². The Kier molecular flexibility index (Phi) is 5.19. The monoisotopic (exact) mass is 337 g/mol. The van der Waals surface area contributed by atoms with Gasteiger partial charge < -0.3 is 14.7 Å². The number of hydrogen-bond acceptors (Lipinski definition) is 3. The number of fused-ring (bicyclic) bond motifs is 2. The van der Waals surface area contributed by atoms with Gasteiger partial charge >= 0.3 is 5.97 Å². The average molecular weight is 337 g/mol. The topological polar surface area (TPSA) is 49.8 Å². The van der Waals surface area contributed by atoms with Crippen molar-refractivity contribution in [1.29, 1.82) is 0 Å². The van der Waals surface area contributed by atoms with Crippen molar-refractivity contribution < 1.29 is 14.6 Å². The van der Waals surface area contributed by atoms with Crippen molar-refractivity contribution >= 4 is 11.5 Å². The van der Waals surface area contributed by atoms with E-state index >= 15 is 0 Å². The maximum atomic E-state index is 11.4. The molecule has 2 aromatic rings. The minimum atomic E-state index is -0.924. The van der Waals surface area contributed by atoms with Gasteiger partial charge in [-0.2, -0.15) is 0 Å². The number of carboxylic acid groups (broad SMARTS) is 1. The fourth-order valence-corrected chi connectivity index (χ4v) is 3.08. The second-order valence-corrected chi connectivity index (χ2v) is 6.53. The smallest absolute Gasteiger partial charge is 0.335 e. The fraction of sp³-hybridized carbons (Fsp3) is 0.286.